The van der Waals surface area contributed by atoms with Crippen LogP contribution in [0.5, 0.6) is 0 Å². The van der Waals surface area contributed by atoms with Crippen molar-refractivity contribution in [3.05, 3.63) is 17.6 Å². The van der Waals surface area contributed by atoms with Crippen LogP contribution in [0.25, 0.3) is 0 Å². The quantitative estimate of drug-likeness (QED) is 0.829. The van der Waals surface area contributed by atoms with Crippen molar-refractivity contribution >= 4 is 11.8 Å². The zero-order valence-electron chi connectivity index (χ0n) is 11.4. The highest BCUT2D eigenvalue weighted by Crippen LogP contribution is 2.20. The second kappa shape index (κ2) is 5.97. The van der Waals surface area contributed by atoms with Gasteiger partial charge >= 0.3 is 5.97 Å². The van der Waals surface area contributed by atoms with E-state index >= 15 is 0 Å². The number of aryl methyl sites for hydroxylation is 2. The van der Waals surface area contributed by atoms with Crippen molar-refractivity contribution in [2.45, 2.75) is 32.7 Å². The number of carboxylic acid groups (broad SMARTS) is 1. The molecule has 2 N–H and O–H groups in total. The number of anilines is 1. The van der Waals surface area contributed by atoms with E-state index in [2.05, 4.69) is 27.1 Å². The lowest BCUT2D eigenvalue weighted by atomic mass is 10.1. The summed E-state index contributed by atoms with van der Waals surface area (Å²) in [7, 11) is 0. The predicted octanol–water partition coefficient (Wildman–Crippen LogP) is 0.600. The topological polar surface area (TPSA) is 78.4 Å². The molecule has 1 atom stereocenters. The van der Waals surface area contributed by atoms with E-state index in [1.54, 1.807) is 0 Å². The maximum absolute atomic E-state index is 11.1. The second-order valence-corrected chi connectivity index (χ2v) is 4.81. The number of carbonyl (C=O) groups is 1. The fourth-order valence-electron chi connectivity index (χ4n) is 2.31. The van der Waals surface area contributed by atoms with Crippen LogP contribution < -0.4 is 10.2 Å². The van der Waals surface area contributed by atoms with Crippen molar-refractivity contribution in [1.29, 1.82) is 0 Å². The maximum Gasteiger partial charge on any atom is 0.322 e. The molecule has 0 radical (unpaired) electrons. The summed E-state index contributed by atoms with van der Waals surface area (Å²) >= 11 is 0. The minimum Gasteiger partial charge on any atom is -0.480 e. The summed E-state index contributed by atoms with van der Waals surface area (Å²) in [4.78, 5) is 21.9. The third-order valence-corrected chi connectivity index (χ3v) is 3.25. The van der Waals surface area contributed by atoms with Gasteiger partial charge < -0.3 is 15.3 Å². The lowest BCUT2D eigenvalue weighted by Crippen LogP contribution is -2.54. The molecule has 1 fully saturated rings. The molecule has 0 spiro atoms. The number of nitrogens with one attached hydrogen (secondary N) is 1. The molecular formula is C13H20N4O2. The van der Waals surface area contributed by atoms with Crippen molar-refractivity contribution in [3.8, 4) is 0 Å². The van der Waals surface area contributed by atoms with Gasteiger partial charge in [-0.3, -0.25) is 4.79 Å². The Morgan fingerprint density at radius 3 is 3.11 bits per heavy atom. The van der Waals surface area contributed by atoms with Crippen LogP contribution in [0.15, 0.2) is 6.20 Å². The first kappa shape index (κ1) is 13.7. The molecule has 0 unspecified atom stereocenters. The number of hydrogen-bond acceptors (Lipinski definition) is 5. The van der Waals surface area contributed by atoms with E-state index in [1.165, 1.54) is 0 Å². The first-order chi connectivity index (χ1) is 9.11. The Morgan fingerprint density at radius 1 is 1.63 bits per heavy atom. The van der Waals surface area contributed by atoms with Crippen LogP contribution in [0.1, 0.15) is 24.7 Å². The molecule has 104 valence electrons. The number of nitrogens with zero attached hydrogens (tertiary/aromatic N) is 3. The Hall–Kier alpha value is -1.69. The summed E-state index contributed by atoms with van der Waals surface area (Å²) in [5.41, 5.74) is 1.10. The van der Waals surface area contributed by atoms with E-state index in [-0.39, 0.29) is 0 Å². The number of piperazine rings is 1. The van der Waals surface area contributed by atoms with Crippen LogP contribution in [0, 0.1) is 6.92 Å². The minimum atomic E-state index is -0.812. The van der Waals surface area contributed by atoms with Gasteiger partial charge in [0.15, 0.2) is 0 Å². The van der Waals surface area contributed by atoms with Gasteiger partial charge in [-0.2, -0.15) is 0 Å². The monoisotopic (exact) mass is 264 g/mol. The van der Waals surface area contributed by atoms with Gasteiger partial charge in [0.1, 0.15) is 17.7 Å². The highest BCUT2D eigenvalue weighted by atomic mass is 16.4. The van der Waals surface area contributed by atoms with E-state index < -0.39 is 12.0 Å². The van der Waals surface area contributed by atoms with Gasteiger partial charge in [0, 0.05) is 31.4 Å². The van der Waals surface area contributed by atoms with Crippen LogP contribution >= 0.6 is 0 Å². The van der Waals surface area contributed by atoms with Crippen molar-refractivity contribution in [2.75, 3.05) is 24.5 Å². The van der Waals surface area contributed by atoms with Gasteiger partial charge in [-0.25, -0.2) is 9.97 Å². The summed E-state index contributed by atoms with van der Waals surface area (Å²) < 4.78 is 0. The Balaban J connectivity index is 2.24. The smallest absolute Gasteiger partial charge is 0.322 e. The number of aliphatic carboxylic acids is 1. The molecule has 1 aliphatic heterocycles. The van der Waals surface area contributed by atoms with Crippen LogP contribution in [0.2, 0.25) is 0 Å². The first-order valence-corrected chi connectivity index (χ1v) is 6.65. The number of aromatic nitrogens is 2. The SMILES string of the molecule is CCCc1cnc(C)nc1N1CCN[C@@H](C(=O)O)C1. The molecule has 0 bridgehead atoms. The summed E-state index contributed by atoms with van der Waals surface area (Å²) in [6.07, 6.45) is 3.80. The Morgan fingerprint density at radius 2 is 2.42 bits per heavy atom. The van der Waals surface area contributed by atoms with Crippen molar-refractivity contribution < 1.29 is 9.90 Å². The predicted molar refractivity (Wildman–Crippen MR) is 72.4 cm³/mol. The van der Waals surface area contributed by atoms with E-state index in [1.807, 2.05) is 13.1 Å². The Labute approximate surface area is 112 Å². The summed E-state index contributed by atoms with van der Waals surface area (Å²) in [5.74, 6) is 0.801. The van der Waals surface area contributed by atoms with Crippen molar-refractivity contribution in [2.24, 2.45) is 0 Å². The molecule has 0 amide bonds. The van der Waals surface area contributed by atoms with Crippen LogP contribution in [0.4, 0.5) is 5.82 Å². The zero-order chi connectivity index (χ0) is 13.8. The third-order valence-electron chi connectivity index (χ3n) is 3.25. The fourth-order valence-corrected chi connectivity index (χ4v) is 2.31. The van der Waals surface area contributed by atoms with E-state index in [0.717, 1.165) is 36.6 Å². The second-order valence-electron chi connectivity index (χ2n) is 4.81. The Kier molecular flexibility index (Phi) is 4.31. The number of rotatable bonds is 4. The lowest BCUT2D eigenvalue weighted by molar-refractivity contribution is -0.139. The molecule has 0 aromatic carbocycles. The highest BCUT2D eigenvalue weighted by molar-refractivity contribution is 5.74. The number of hydrogen-bond donors (Lipinski definition) is 2. The average molecular weight is 264 g/mol. The molecular weight excluding hydrogens is 244 g/mol. The van der Waals surface area contributed by atoms with Gasteiger partial charge in [0.2, 0.25) is 0 Å². The van der Waals surface area contributed by atoms with E-state index in [4.69, 9.17) is 5.11 Å². The van der Waals surface area contributed by atoms with Crippen LogP contribution in [0.3, 0.4) is 0 Å². The fraction of sp³-hybridized carbons (Fsp3) is 0.615. The summed E-state index contributed by atoms with van der Waals surface area (Å²) in [5, 5.41) is 12.1. The molecule has 6 nitrogen and oxygen atoms in total. The standard InChI is InChI=1S/C13H20N4O2/c1-3-4-10-7-15-9(2)16-12(10)17-6-5-14-11(8-17)13(18)19/h7,11,14H,3-6,8H2,1-2H3,(H,18,19)/t11-/m1/s1. The number of carboxylic acids is 1. The molecule has 6 heteroatoms. The van der Waals surface area contributed by atoms with E-state index in [9.17, 15) is 4.79 Å². The maximum atomic E-state index is 11.1. The third kappa shape index (κ3) is 3.20. The van der Waals surface area contributed by atoms with Gasteiger partial charge in [0.05, 0.1) is 0 Å². The normalized spacial score (nSPS) is 19.5. The van der Waals surface area contributed by atoms with Gasteiger partial charge in [-0.1, -0.05) is 13.3 Å². The molecule has 1 aliphatic rings. The highest BCUT2D eigenvalue weighted by Gasteiger charge is 2.26. The van der Waals surface area contributed by atoms with Crippen molar-refractivity contribution in [1.82, 2.24) is 15.3 Å². The van der Waals surface area contributed by atoms with Crippen LogP contribution in [-0.2, 0) is 11.2 Å². The van der Waals surface area contributed by atoms with Crippen LogP contribution in [-0.4, -0.2) is 46.7 Å². The molecule has 0 saturated carbocycles. The average Bonchev–Trinajstić information content (AvgIpc) is 2.41. The first-order valence-electron chi connectivity index (χ1n) is 6.65. The molecule has 1 saturated heterocycles. The lowest BCUT2D eigenvalue weighted by Gasteiger charge is -2.33. The largest absolute Gasteiger partial charge is 0.480 e. The Bertz CT molecular complexity index is 464. The summed E-state index contributed by atoms with van der Waals surface area (Å²) in [6.45, 7) is 5.85. The van der Waals surface area contributed by atoms with Gasteiger partial charge in [-0.15, -0.1) is 0 Å². The van der Waals surface area contributed by atoms with Gasteiger partial charge in [0.25, 0.3) is 0 Å². The zero-order valence-corrected chi connectivity index (χ0v) is 11.4. The van der Waals surface area contributed by atoms with Crippen molar-refractivity contribution in [3.63, 3.8) is 0 Å². The van der Waals surface area contributed by atoms with Gasteiger partial charge in [-0.05, 0) is 13.3 Å². The molecule has 2 heterocycles. The summed E-state index contributed by atoms with van der Waals surface area (Å²) in [6, 6.07) is -0.529. The molecule has 2 rings (SSSR count). The molecule has 1 aromatic heterocycles. The molecule has 1 aromatic rings. The molecule has 19 heavy (non-hydrogen) atoms. The minimum absolute atomic E-state index is 0.447. The molecule has 0 aliphatic carbocycles. The van der Waals surface area contributed by atoms with E-state index in [0.29, 0.717) is 13.1 Å².